The molecule has 2 atom stereocenters. The number of pyridine rings is 1. The summed E-state index contributed by atoms with van der Waals surface area (Å²) in [6, 6.07) is 13.9. The molecule has 0 bridgehead atoms. The first kappa shape index (κ1) is 26.0. The third-order valence-corrected chi connectivity index (χ3v) is 8.27. The lowest BCUT2D eigenvalue weighted by Crippen LogP contribution is -2.49. The number of aryl methyl sites for hydroxylation is 2. The summed E-state index contributed by atoms with van der Waals surface area (Å²) >= 11 is 6.33. The van der Waals surface area contributed by atoms with Gasteiger partial charge in [0, 0.05) is 54.6 Å². The van der Waals surface area contributed by atoms with E-state index >= 15 is 0 Å². The number of halogens is 1. The van der Waals surface area contributed by atoms with Crippen LogP contribution in [-0.2, 0) is 17.7 Å². The molecule has 2 fully saturated rings. The summed E-state index contributed by atoms with van der Waals surface area (Å²) < 4.78 is 7.72. The van der Waals surface area contributed by atoms with Crippen LogP contribution in [0.2, 0.25) is 5.02 Å². The maximum absolute atomic E-state index is 13.6. The van der Waals surface area contributed by atoms with Crippen LogP contribution in [0, 0.1) is 6.92 Å². The quantitative estimate of drug-likeness (QED) is 0.372. The molecule has 2 aliphatic rings. The van der Waals surface area contributed by atoms with E-state index in [4.69, 9.17) is 16.3 Å². The average Bonchev–Trinajstić information content (AvgIpc) is 3.63. The van der Waals surface area contributed by atoms with Crippen molar-refractivity contribution in [3.05, 3.63) is 80.4 Å². The van der Waals surface area contributed by atoms with Crippen LogP contribution in [0.1, 0.15) is 48.3 Å². The summed E-state index contributed by atoms with van der Waals surface area (Å²) in [6.45, 7) is 8.68. The Morgan fingerprint density at radius 1 is 1.13 bits per heavy atom. The van der Waals surface area contributed by atoms with Gasteiger partial charge in [0.2, 0.25) is 0 Å². The van der Waals surface area contributed by atoms with E-state index in [9.17, 15) is 4.79 Å². The van der Waals surface area contributed by atoms with E-state index in [-0.39, 0.29) is 17.7 Å². The zero-order valence-corrected chi connectivity index (χ0v) is 23.2. The van der Waals surface area contributed by atoms with Crippen LogP contribution in [0.3, 0.4) is 0 Å². The van der Waals surface area contributed by atoms with Gasteiger partial charge in [-0.1, -0.05) is 30.7 Å². The zero-order chi connectivity index (χ0) is 26.9. The summed E-state index contributed by atoms with van der Waals surface area (Å²) in [7, 11) is 0. The van der Waals surface area contributed by atoms with E-state index in [1.165, 1.54) is 11.1 Å². The molecule has 2 aliphatic heterocycles. The van der Waals surface area contributed by atoms with E-state index in [1.54, 1.807) is 0 Å². The first-order chi connectivity index (χ1) is 19.0. The number of nitrogens with one attached hydrogen (secondary N) is 1. The maximum atomic E-state index is 13.6. The van der Waals surface area contributed by atoms with Crippen molar-refractivity contribution in [2.45, 2.75) is 51.8 Å². The molecule has 0 amide bonds. The number of tetrazole rings is 1. The second-order valence-electron chi connectivity index (χ2n) is 10.5. The van der Waals surface area contributed by atoms with Crippen LogP contribution in [0.25, 0.3) is 10.9 Å². The molecule has 1 N–H and O–H groups in total. The van der Waals surface area contributed by atoms with Crippen molar-refractivity contribution in [2.24, 2.45) is 0 Å². The van der Waals surface area contributed by atoms with E-state index < -0.39 is 0 Å². The molecule has 9 nitrogen and oxygen atoms in total. The number of rotatable bonds is 7. The number of hydrogen-bond donors (Lipinski definition) is 1. The van der Waals surface area contributed by atoms with Gasteiger partial charge in [0.25, 0.3) is 5.56 Å². The van der Waals surface area contributed by atoms with Crippen LogP contribution in [0.5, 0.6) is 0 Å². The molecule has 0 unspecified atom stereocenters. The minimum absolute atomic E-state index is 0.0811. The van der Waals surface area contributed by atoms with Crippen molar-refractivity contribution in [3.8, 4) is 0 Å². The molecule has 10 heteroatoms. The third kappa shape index (κ3) is 5.31. The number of hydrogen-bond acceptors (Lipinski definition) is 7. The van der Waals surface area contributed by atoms with Crippen molar-refractivity contribution in [1.82, 2.24) is 30.1 Å². The number of nitrogens with zero attached hydrogens (tertiary/aromatic N) is 6. The van der Waals surface area contributed by atoms with Crippen molar-refractivity contribution >= 4 is 28.2 Å². The highest BCUT2D eigenvalue weighted by Crippen LogP contribution is 2.31. The fraction of sp³-hybridized carbons (Fsp3) is 0.448. The minimum Gasteiger partial charge on any atom is -0.376 e. The topological polar surface area (TPSA) is 92.2 Å². The molecule has 4 heterocycles. The lowest BCUT2D eigenvalue weighted by atomic mass is 10.0. The molecule has 0 spiro atoms. The summed E-state index contributed by atoms with van der Waals surface area (Å²) in [5.74, 6) is 0.675. The molecule has 0 saturated carbocycles. The fourth-order valence-electron chi connectivity index (χ4n) is 5.86. The highest BCUT2D eigenvalue weighted by atomic mass is 35.5. The smallest absolute Gasteiger partial charge is 0.253 e. The van der Waals surface area contributed by atoms with Crippen LogP contribution in [0.4, 0.5) is 5.69 Å². The van der Waals surface area contributed by atoms with Gasteiger partial charge >= 0.3 is 0 Å². The second kappa shape index (κ2) is 11.1. The zero-order valence-electron chi connectivity index (χ0n) is 22.4. The second-order valence-corrected chi connectivity index (χ2v) is 11.0. The molecule has 2 saturated heterocycles. The minimum atomic E-state index is -0.387. The molecular weight excluding hydrogens is 514 g/mol. The van der Waals surface area contributed by atoms with Crippen molar-refractivity contribution in [2.75, 3.05) is 37.7 Å². The van der Waals surface area contributed by atoms with Gasteiger partial charge in [0.1, 0.15) is 6.04 Å². The summed E-state index contributed by atoms with van der Waals surface area (Å²) in [4.78, 5) is 21.4. The van der Waals surface area contributed by atoms with Gasteiger partial charge in [-0.05, 0) is 83.5 Å². The number of H-pyrrole nitrogens is 1. The first-order valence-electron chi connectivity index (χ1n) is 13.8. The Kier molecular flexibility index (Phi) is 7.38. The largest absolute Gasteiger partial charge is 0.376 e. The summed E-state index contributed by atoms with van der Waals surface area (Å²) in [6.07, 6.45) is 3.04. The number of fused-ring (bicyclic) bond motifs is 1. The molecular formula is C29H34ClN7O2. The number of anilines is 1. The van der Waals surface area contributed by atoms with Gasteiger partial charge in [-0.3, -0.25) is 9.69 Å². The molecule has 6 rings (SSSR count). The van der Waals surface area contributed by atoms with Gasteiger partial charge < -0.3 is 14.6 Å². The van der Waals surface area contributed by atoms with Gasteiger partial charge in [-0.2, -0.15) is 0 Å². The average molecular weight is 548 g/mol. The van der Waals surface area contributed by atoms with Gasteiger partial charge in [-0.15, -0.1) is 5.10 Å². The Morgan fingerprint density at radius 3 is 2.74 bits per heavy atom. The monoisotopic (exact) mass is 547 g/mol. The predicted octanol–water partition coefficient (Wildman–Crippen LogP) is 4.13. The highest BCUT2D eigenvalue weighted by Gasteiger charge is 2.34. The Balaban J connectivity index is 1.37. The lowest BCUT2D eigenvalue weighted by Gasteiger charge is -2.40. The molecule has 39 heavy (non-hydrogen) atoms. The van der Waals surface area contributed by atoms with Crippen LogP contribution < -0.4 is 10.5 Å². The summed E-state index contributed by atoms with van der Waals surface area (Å²) in [5, 5.41) is 14.6. The van der Waals surface area contributed by atoms with E-state index in [0.29, 0.717) is 17.9 Å². The van der Waals surface area contributed by atoms with E-state index in [1.807, 2.05) is 28.9 Å². The fourth-order valence-corrected chi connectivity index (χ4v) is 6.02. The van der Waals surface area contributed by atoms with E-state index in [0.717, 1.165) is 73.7 Å². The van der Waals surface area contributed by atoms with E-state index in [2.05, 4.69) is 62.4 Å². The number of benzene rings is 2. The Bertz CT molecular complexity index is 1520. The summed E-state index contributed by atoms with van der Waals surface area (Å²) in [5.41, 5.74) is 4.95. The molecule has 0 aliphatic carbocycles. The van der Waals surface area contributed by atoms with Crippen LogP contribution >= 0.6 is 11.6 Å². The van der Waals surface area contributed by atoms with Crippen molar-refractivity contribution in [3.63, 3.8) is 0 Å². The van der Waals surface area contributed by atoms with Crippen molar-refractivity contribution in [1.29, 1.82) is 0 Å². The predicted molar refractivity (Wildman–Crippen MR) is 153 cm³/mol. The normalized spacial score (nSPS) is 19.2. The standard InChI is InChI=1S/C29H34ClN7O2/c1-3-20-7-9-25-21(15-20)16-24(29(38)31-25)27(28-32-33-34-37(28)18-23-5-4-14-39-23)36-12-10-35(11-13-36)26-17-22(30)8-6-19(26)2/h6-9,15-17,23,27H,3-5,10-14,18H2,1-2H3,(H,31,38)/t23-,27+/m0/s1. The molecule has 2 aromatic carbocycles. The molecule has 2 aromatic heterocycles. The van der Waals surface area contributed by atoms with Gasteiger partial charge in [0.15, 0.2) is 5.82 Å². The molecule has 204 valence electrons. The Labute approximate surface area is 232 Å². The SMILES string of the molecule is CCc1ccc2[nH]c(=O)c([C@H](c3nnnn3C[C@@H]3CCCO3)N3CCN(c4cc(Cl)ccc4C)CC3)cc2c1. The van der Waals surface area contributed by atoms with Gasteiger partial charge in [0.05, 0.1) is 12.6 Å². The number of aromatic nitrogens is 5. The van der Waals surface area contributed by atoms with Crippen LogP contribution in [-0.4, -0.2) is 69.0 Å². The third-order valence-electron chi connectivity index (χ3n) is 8.04. The Morgan fingerprint density at radius 2 is 1.97 bits per heavy atom. The van der Waals surface area contributed by atoms with Crippen molar-refractivity contribution < 1.29 is 4.74 Å². The molecule has 0 radical (unpaired) electrons. The number of ether oxygens (including phenoxy) is 1. The number of piperazine rings is 1. The van der Waals surface area contributed by atoms with Gasteiger partial charge in [-0.25, -0.2) is 4.68 Å². The lowest BCUT2D eigenvalue weighted by molar-refractivity contribution is 0.0906. The number of aromatic amines is 1. The van der Waals surface area contributed by atoms with Crippen LogP contribution in [0.15, 0.2) is 47.3 Å². The maximum Gasteiger partial charge on any atom is 0.253 e. The Hall–Kier alpha value is -3.27. The molecule has 4 aromatic rings. The first-order valence-corrected chi connectivity index (χ1v) is 14.2. The highest BCUT2D eigenvalue weighted by molar-refractivity contribution is 6.30.